The smallest absolute Gasteiger partial charge is 0.247 e. The van der Waals surface area contributed by atoms with Gasteiger partial charge in [-0.15, -0.1) is 10.2 Å². The molecule has 0 atom stereocenters. The quantitative estimate of drug-likeness (QED) is 0.842. The van der Waals surface area contributed by atoms with E-state index in [-0.39, 0.29) is 5.91 Å². The van der Waals surface area contributed by atoms with Crippen LogP contribution in [0, 0.1) is 0 Å². The molecule has 0 bridgehead atoms. The van der Waals surface area contributed by atoms with Crippen LogP contribution in [0.15, 0.2) is 22.6 Å². The molecule has 104 valence electrons. The normalized spacial score (nSPS) is 16.6. The highest BCUT2D eigenvalue weighted by Crippen LogP contribution is 2.42. The third-order valence-corrected chi connectivity index (χ3v) is 3.89. The summed E-state index contributed by atoms with van der Waals surface area (Å²) in [5, 5.41) is 8.01. The molecule has 1 aromatic carbocycles. The highest BCUT2D eigenvalue weighted by atomic mass is 16.4. The van der Waals surface area contributed by atoms with Crippen LogP contribution in [0.5, 0.6) is 0 Å². The third kappa shape index (κ3) is 1.66. The van der Waals surface area contributed by atoms with Gasteiger partial charge in [0.25, 0.3) is 0 Å². The lowest BCUT2D eigenvalue weighted by molar-refractivity contribution is -0.121. The number of anilines is 1. The predicted octanol–water partition coefficient (Wildman–Crippen LogP) is 2.55. The Kier molecular flexibility index (Phi) is 2.67. The minimum absolute atomic E-state index is 0.101. The molecule has 0 saturated heterocycles. The minimum atomic E-state index is -0.480. The highest BCUT2D eigenvalue weighted by molar-refractivity contribution is 6.07. The summed E-state index contributed by atoms with van der Waals surface area (Å²) in [5.41, 5.74) is 2.30. The topological polar surface area (TPSA) is 59.2 Å². The van der Waals surface area contributed by atoms with E-state index in [2.05, 4.69) is 10.2 Å². The maximum Gasteiger partial charge on any atom is 0.247 e. The number of rotatable bonds is 2. The highest BCUT2D eigenvalue weighted by Gasteiger charge is 2.42. The van der Waals surface area contributed by atoms with Crippen LogP contribution < -0.4 is 4.90 Å². The fraction of sp³-hybridized carbons (Fsp3) is 0.400. The first kappa shape index (κ1) is 12.8. The van der Waals surface area contributed by atoms with Gasteiger partial charge in [0.05, 0.1) is 5.41 Å². The second-order valence-corrected chi connectivity index (χ2v) is 5.58. The van der Waals surface area contributed by atoms with Gasteiger partial charge in [-0.05, 0) is 31.5 Å². The van der Waals surface area contributed by atoms with E-state index < -0.39 is 5.41 Å². The summed E-state index contributed by atoms with van der Waals surface area (Å²) in [4.78, 5) is 13.9. The standard InChI is InChI=1S/C15H17N3O2/c1-5-12-16-17-13(20-12)9-6-7-10-11(8-9)18(4)14(19)15(10,2)3/h6-8H,5H2,1-4H3. The zero-order valence-corrected chi connectivity index (χ0v) is 12.1. The van der Waals surface area contributed by atoms with Gasteiger partial charge in [-0.3, -0.25) is 4.79 Å². The number of aromatic nitrogens is 2. The first-order chi connectivity index (χ1) is 9.45. The number of nitrogens with zero attached hydrogens (tertiary/aromatic N) is 3. The van der Waals surface area contributed by atoms with Crippen molar-refractivity contribution >= 4 is 11.6 Å². The minimum Gasteiger partial charge on any atom is -0.421 e. The van der Waals surface area contributed by atoms with Gasteiger partial charge in [-0.1, -0.05) is 13.0 Å². The molecule has 0 fully saturated rings. The van der Waals surface area contributed by atoms with Crippen molar-refractivity contribution in [1.29, 1.82) is 0 Å². The van der Waals surface area contributed by atoms with Gasteiger partial charge in [-0.2, -0.15) is 0 Å². The van der Waals surface area contributed by atoms with Crippen molar-refractivity contribution in [2.45, 2.75) is 32.6 Å². The molecular formula is C15H17N3O2. The van der Waals surface area contributed by atoms with Crippen molar-refractivity contribution in [3.8, 4) is 11.5 Å². The number of hydrogen-bond acceptors (Lipinski definition) is 4. The Balaban J connectivity index is 2.09. The van der Waals surface area contributed by atoms with Crippen LogP contribution in [-0.4, -0.2) is 23.2 Å². The molecule has 1 aliphatic heterocycles. The first-order valence-electron chi connectivity index (χ1n) is 6.70. The molecule has 0 N–H and O–H groups in total. The van der Waals surface area contributed by atoms with Crippen molar-refractivity contribution in [1.82, 2.24) is 10.2 Å². The van der Waals surface area contributed by atoms with E-state index in [4.69, 9.17) is 4.42 Å². The fourth-order valence-electron chi connectivity index (χ4n) is 2.63. The summed E-state index contributed by atoms with van der Waals surface area (Å²) >= 11 is 0. The van der Waals surface area contributed by atoms with Gasteiger partial charge in [0.1, 0.15) is 0 Å². The van der Waals surface area contributed by atoms with E-state index in [0.29, 0.717) is 18.2 Å². The number of hydrogen-bond donors (Lipinski definition) is 0. The molecular weight excluding hydrogens is 254 g/mol. The summed E-state index contributed by atoms with van der Waals surface area (Å²) in [5.74, 6) is 1.21. The van der Waals surface area contributed by atoms with Gasteiger partial charge in [0, 0.05) is 24.7 Å². The monoisotopic (exact) mass is 271 g/mol. The number of aryl methyl sites for hydroxylation is 1. The van der Waals surface area contributed by atoms with Crippen LogP contribution in [0.25, 0.3) is 11.5 Å². The van der Waals surface area contributed by atoms with E-state index in [0.717, 1.165) is 16.8 Å². The molecule has 1 amide bonds. The fourth-order valence-corrected chi connectivity index (χ4v) is 2.63. The molecule has 1 aromatic heterocycles. The Morgan fingerprint density at radius 1 is 1.30 bits per heavy atom. The van der Waals surface area contributed by atoms with Crippen molar-refractivity contribution in [2.24, 2.45) is 0 Å². The first-order valence-corrected chi connectivity index (χ1v) is 6.70. The molecule has 20 heavy (non-hydrogen) atoms. The molecule has 0 aliphatic carbocycles. The third-order valence-electron chi connectivity index (χ3n) is 3.89. The molecule has 3 rings (SSSR count). The largest absolute Gasteiger partial charge is 0.421 e. The Labute approximate surface area is 117 Å². The maximum atomic E-state index is 12.3. The summed E-state index contributed by atoms with van der Waals surface area (Å²) < 4.78 is 5.57. The van der Waals surface area contributed by atoms with Gasteiger partial charge in [0.2, 0.25) is 17.7 Å². The van der Waals surface area contributed by atoms with Crippen molar-refractivity contribution in [2.75, 3.05) is 11.9 Å². The predicted molar refractivity (Wildman–Crippen MR) is 75.5 cm³/mol. The zero-order valence-electron chi connectivity index (χ0n) is 12.1. The number of likely N-dealkylation sites (N-methyl/N-ethyl adjacent to an activating group) is 1. The maximum absolute atomic E-state index is 12.3. The molecule has 1 aliphatic rings. The van der Waals surface area contributed by atoms with Gasteiger partial charge >= 0.3 is 0 Å². The average molecular weight is 271 g/mol. The van der Waals surface area contributed by atoms with E-state index in [1.54, 1.807) is 11.9 Å². The Morgan fingerprint density at radius 3 is 2.70 bits per heavy atom. The van der Waals surface area contributed by atoms with Crippen LogP contribution in [0.2, 0.25) is 0 Å². The lowest BCUT2D eigenvalue weighted by Crippen LogP contribution is -2.33. The number of amides is 1. The van der Waals surface area contributed by atoms with Gasteiger partial charge in [-0.25, -0.2) is 0 Å². The van der Waals surface area contributed by atoms with Crippen molar-refractivity contribution in [3.63, 3.8) is 0 Å². The van der Waals surface area contributed by atoms with Crippen molar-refractivity contribution < 1.29 is 9.21 Å². The van der Waals surface area contributed by atoms with Gasteiger partial charge in [0.15, 0.2) is 0 Å². The van der Waals surface area contributed by atoms with Crippen molar-refractivity contribution in [3.05, 3.63) is 29.7 Å². The Morgan fingerprint density at radius 2 is 2.05 bits per heavy atom. The molecule has 0 unspecified atom stereocenters. The zero-order chi connectivity index (χ0) is 14.5. The number of carbonyl (C=O) groups excluding carboxylic acids is 1. The van der Waals surface area contributed by atoms with Crippen LogP contribution in [-0.2, 0) is 16.6 Å². The van der Waals surface area contributed by atoms with Crippen LogP contribution >= 0.6 is 0 Å². The van der Waals surface area contributed by atoms with E-state index in [1.165, 1.54) is 0 Å². The molecule has 0 radical (unpaired) electrons. The molecule has 2 heterocycles. The summed E-state index contributed by atoms with van der Waals surface area (Å²) in [6, 6.07) is 5.84. The molecule has 0 spiro atoms. The van der Waals surface area contributed by atoms with Crippen LogP contribution in [0.3, 0.4) is 0 Å². The van der Waals surface area contributed by atoms with E-state index in [1.807, 2.05) is 39.0 Å². The summed E-state index contributed by atoms with van der Waals surface area (Å²) in [6.45, 7) is 5.85. The lowest BCUT2D eigenvalue weighted by atomic mass is 9.86. The second-order valence-electron chi connectivity index (χ2n) is 5.58. The molecule has 2 aromatic rings. The van der Waals surface area contributed by atoms with E-state index >= 15 is 0 Å². The average Bonchev–Trinajstić information content (AvgIpc) is 2.99. The number of benzene rings is 1. The lowest BCUT2D eigenvalue weighted by Gasteiger charge is -2.16. The number of fused-ring (bicyclic) bond motifs is 1. The molecule has 5 nitrogen and oxygen atoms in total. The van der Waals surface area contributed by atoms with Crippen LogP contribution in [0.4, 0.5) is 5.69 Å². The summed E-state index contributed by atoms with van der Waals surface area (Å²) in [7, 11) is 1.80. The van der Waals surface area contributed by atoms with Gasteiger partial charge < -0.3 is 9.32 Å². The SMILES string of the molecule is CCc1nnc(-c2ccc3c(c2)N(C)C(=O)C3(C)C)o1. The number of carbonyl (C=O) groups is 1. The second kappa shape index (κ2) is 4.16. The van der Waals surface area contributed by atoms with Crippen LogP contribution in [0.1, 0.15) is 32.2 Å². The van der Waals surface area contributed by atoms with E-state index in [9.17, 15) is 4.79 Å². The summed E-state index contributed by atoms with van der Waals surface area (Å²) in [6.07, 6.45) is 0.712. The Bertz CT molecular complexity index is 688. The Hall–Kier alpha value is -2.17. The molecule has 5 heteroatoms. The molecule has 0 saturated carbocycles.